The van der Waals surface area contributed by atoms with E-state index in [0.717, 1.165) is 5.56 Å². The van der Waals surface area contributed by atoms with Gasteiger partial charge in [0, 0.05) is 12.7 Å². The summed E-state index contributed by atoms with van der Waals surface area (Å²) in [4.78, 5) is 14.2. The van der Waals surface area contributed by atoms with E-state index in [1.165, 1.54) is 18.2 Å². The summed E-state index contributed by atoms with van der Waals surface area (Å²) in [6, 6.07) is 5.45. The number of hydrogen-bond acceptors (Lipinski definition) is 4. The van der Waals surface area contributed by atoms with Crippen LogP contribution in [0.5, 0.6) is 0 Å². The second-order valence-electron chi connectivity index (χ2n) is 5.56. The van der Waals surface area contributed by atoms with E-state index in [1.54, 1.807) is 36.2 Å². The molecule has 2 aliphatic rings. The van der Waals surface area contributed by atoms with Crippen molar-refractivity contribution in [3.05, 3.63) is 59.6 Å². The molecule has 8 heteroatoms. The predicted molar refractivity (Wildman–Crippen MR) is 88.1 cm³/mol. The van der Waals surface area contributed by atoms with Gasteiger partial charge in [0.25, 0.3) is 15.9 Å². The van der Waals surface area contributed by atoms with Crippen molar-refractivity contribution in [2.45, 2.75) is 13.0 Å². The predicted octanol–water partition coefficient (Wildman–Crippen LogP) is 1.50. The van der Waals surface area contributed by atoms with Gasteiger partial charge in [-0.3, -0.25) is 4.79 Å². The van der Waals surface area contributed by atoms with Crippen molar-refractivity contribution in [3.63, 3.8) is 0 Å². The Morgan fingerprint density at radius 1 is 1.33 bits per heavy atom. The van der Waals surface area contributed by atoms with Gasteiger partial charge in [0.1, 0.15) is 5.82 Å². The number of amides is 1. The summed E-state index contributed by atoms with van der Waals surface area (Å²) in [6.45, 7) is 2.03. The molecule has 24 heavy (non-hydrogen) atoms. The van der Waals surface area contributed by atoms with E-state index in [4.69, 9.17) is 0 Å². The number of allylic oxidation sites excluding steroid dienone is 2. The molecule has 0 spiro atoms. The number of rotatable bonds is 3. The molecule has 3 rings (SSSR count). The van der Waals surface area contributed by atoms with Crippen molar-refractivity contribution in [2.24, 2.45) is 4.40 Å². The van der Waals surface area contributed by atoms with Crippen molar-refractivity contribution < 1.29 is 17.6 Å². The van der Waals surface area contributed by atoms with Crippen LogP contribution in [0.2, 0.25) is 0 Å². The molecule has 126 valence electrons. The molecule has 0 radical (unpaired) electrons. The van der Waals surface area contributed by atoms with Gasteiger partial charge in [-0.1, -0.05) is 12.1 Å². The Balaban J connectivity index is 1.81. The van der Waals surface area contributed by atoms with Gasteiger partial charge in [-0.05, 0) is 36.8 Å². The second kappa shape index (κ2) is 6.20. The fourth-order valence-electron chi connectivity index (χ4n) is 2.50. The van der Waals surface area contributed by atoms with Crippen LogP contribution in [0.1, 0.15) is 18.5 Å². The Morgan fingerprint density at radius 2 is 2.04 bits per heavy atom. The lowest BCUT2D eigenvalue weighted by Crippen LogP contribution is -2.42. The Labute approximate surface area is 139 Å². The maximum atomic E-state index is 13.0. The van der Waals surface area contributed by atoms with Crippen LogP contribution in [0, 0.1) is 5.82 Å². The Hall–Kier alpha value is -2.48. The molecule has 1 aromatic carbocycles. The molecular weight excluding hydrogens is 333 g/mol. The van der Waals surface area contributed by atoms with Crippen molar-refractivity contribution in [1.82, 2.24) is 10.2 Å². The van der Waals surface area contributed by atoms with Crippen molar-refractivity contribution in [2.75, 3.05) is 12.3 Å². The summed E-state index contributed by atoms with van der Waals surface area (Å²) in [5, 5.41) is 2.78. The van der Waals surface area contributed by atoms with E-state index in [9.17, 15) is 17.6 Å². The van der Waals surface area contributed by atoms with Gasteiger partial charge in [0.05, 0.1) is 17.4 Å². The second-order valence-corrected chi connectivity index (χ2v) is 7.32. The first-order valence-electron chi connectivity index (χ1n) is 7.40. The third-order valence-electron chi connectivity index (χ3n) is 3.82. The molecule has 1 amide bonds. The van der Waals surface area contributed by atoms with E-state index in [1.807, 2.05) is 0 Å². The molecule has 0 unspecified atom stereocenters. The van der Waals surface area contributed by atoms with Crippen LogP contribution in [0.3, 0.4) is 0 Å². The Kier molecular flexibility index (Phi) is 4.23. The fraction of sp³-hybridized carbons (Fsp3) is 0.250. The van der Waals surface area contributed by atoms with Crippen molar-refractivity contribution >= 4 is 21.8 Å². The van der Waals surface area contributed by atoms with Gasteiger partial charge in [0.15, 0.2) is 5.84 Å². The maximum Gasteiger partial charge on any atom is 0.256 e. The lowest BCUT2D eigenvalue weighted by atomic mass is 10.1. The summed E-state index contributed by atoms with van der Waals surface area (Å²) in [6.07, 6.45) is 4.89. The van der Waals surface area contributed by atoms with Crippen LogP contribution in [0.4, 0.5) is 4.39 Å². The van der Waals surface area contributed by atoms with Gasteiger partial charge in [0.2, 0.25) is 0 Å². The van der Waals surface area contributed by atoms with Crippen LogP contribution >= 0.6 is 0 Å². The molecule has 1 atom stereocenters. The summed E-state index contributed by atoms with van der Waals surface area (Å²) >= 11 is 0. The molecule has 1 aromatic rings. The zero-order valence-corrected chi connectivity index (χ0v) is 13.8. The summed E-state index contributed by atoms with van der Waals surface area (Å²) in [5.74, 6) is -0.735. The monoisotopic (exact) mass is 349 g/mol. The van der Waals surface area contributed by atoms with Crippen LogP contribution in [-0.4, -0.2) is 37.4 Å². The molecule has 0 aliphatic carbocycles. The summed E-state index contributed by atoms with van der Waals surface area (Å²) in [7, 11) is -3.56. The largest absolute Gasteiger partial charge is 0.345 e. The highest BCUT2D eigenvalue weighted by molar-refractivity contribution is 7.90. The molecule has 6 nitrogen and oxygen atoms in total. The third kappa shape index (κ3) is 3.38. The van der Waals surface area contributed by atoms with Crippen molar-refractivity contribution in [3.8, 4) is 0 Å². The lowest BCUT2D eigenvalue weighted by Gasteiger charge is -2.29. The summed E-state index contributed by atoms with van der Waals surface area (Å²) < 4.78 is 40.1. The number of nitrogens with zero attached hydrogens (tertiary/aromatic N) is 2. The number of carbonyl (C=O) groups excluding carboxylic acids is 1. The highest BCUT2D eigenvalue weighted by Crippen LogP contribution is 2.19. The molecule has 2 heterocycles. The number of hydrogen-bond donors (Lipinski definition) is 1. The first-order chi connectivity index (χ1) is 11.4. The molecule has 2 aliphatic heterocycles. The number of amidine groups is 1. The van der Waals surface area contributed by atoms with Crippen LogP contribution in [0.25, 0.3) is 0 Å². The van der Waals surface area contributed by atoms with E-state index in [0.29, 0.717) is 0 Å². The average Bonchev–Trinajstić information content (AvgIpc) is 2.54. The molecule has 0 bridgehead atoms. The lowest BCUT2D eigenvalue weighted by molar-refractivity contribution is -0.117. The van der Waals surface area contributed by atoms with Gasteiger partial charge in [-0.2, -0.15) is 0 Å². The average molecular weight is 349 g/mol. The van der Waals surface area contributed by atoms with Crippen LogP contribution < -0.4 is 5.32 Å². The van der Waals surface area contributed by atoms with E-state index in [-0.39, 0.29) is 35.6 Å². The minimum absolute atomic E-state index is 0.0816. The molecule has 0 saturated carbocycles. The van der Waals surface area contributed by atoms with Gasteiger partial charge < -0.3 is 10.2 Å². The Bertz CT molecular complexity index is 857. The molecule has 1 N–H and O–H groups in total. The molecular formula is C16H16FN3O3S. The Morgan fingerprint density at radius 3 is 2.75 bits per heavy atom. The topological polar surface area (TPSA) is 78.8 Å². The highest BCUT2D eigenvalue weighted by Gasteiger charge is 2.30. The maximum absolute atomic E-state index is 13.0. The van der Waals surface area contributed by atoms with E-state index in [2.05, 4.69) is 9.71 Å². The number of halogens is 1. The normalized spacial score (nSPS) is 19.8. The number of benzene rings is 1. The van der Waals surface area contributed by atoms with Crippen LogP contribution in [0.15, 0.2) is 52.6 Å². The number of sulfonamides is 1. The smallest absolute Gasteiger partial charge is 0.256 e. The van der Waals surface area contributed by atoms with E-state index >= 15 is 0 Å². The molecule has 0 saturated heterocycles. The SMILES string of the molecule is C[C@@H](NC(=O)C1=CC=CN2CCS(=O)(=O)N=C12)c1ccc(F)cc1. The van der Waals surface area contributed by atoms with Gasteiger partial charge >= 0.3 is 0 Å². The van der Waals surface area contributed by atoms with Gasteiger partial charge in [-0.25, -0.2) is 12.8 Å². The number of nitrogens with one attached hydrogen (secondary N) is 1. The first-order valence-corrected chi connectivity index (χ1v) is 9.01. The molecule has 0 aromatic heterocycles. The minimum atomic E-state index is -3.56. The summed E-state index contributed by atoms with van der Waals surface area (Å²) in [5.41, 5.74) is 0.932. The van der Waals surface area contributed by atoms with E-state index < -0.39 is 15.9 Å². The highest BCUT2D eigenvalue weighted by atomic mass is 32.2. The molecule has 0 fully saturated rings. The zero-order chi connectivity index (χ0) is 17.3. The standard InChI is InChI=1S/C16H16FN3O3S/c1-11(12-4-6-13(17)7-5-12)18-16(21)14-3-2-8-20-9-10-24(22,23)19-15(14)20/h2-8,11H,9-10H2,1H3,(H,18,21)/t11-/m1/s1. The number of fused-ring (bicyclic) bond motifs is 1. The fourth-order valence-corrected chi connectivity index (χ4v) is 3.49. The van der Waals surface area contributed by atoms with Gasteiger partial charge in [-0.15, -0.1) is 4.40 Å². The first kappa shape index (κ1) is 16.4. The minimum Gasteiger partial charge on any atom is -0.345 e. The number of carbonyl (C=O) groups is 1. The quantitative estimate of drug-likeness (QED) is 0.897. The van der Waals surface area contributed by atoms with Crippen molar-refractivity contribution in [1.29, 1.82) is 0 Å². The zero-order valence-electron chi connectivity index (χ0n) is 12.9. The third-order valence-corrected chi connectivity index (χ3v) is 4.97. The van der Waals surface area contributed by atoms with Crippen LogP contribution in [-0.2, 0) is 14.8 Å².